The Hall–Kier alpha value is -1.06. The number of carbonyl (C=O) groups excluding carboxylic acids is 2. The van der Waals surface area contributed by atoms with Crippen LogP contribution in [0.2, 0.25) is 0 Å². The fraction of sp³-hybridized carbons (Fsp3) is 0.889. The lowest BCUT2D eigenvalue weighted by Crippen LogP contribution is -2.57. The summed E-state index contributed by atoms with van der Waals surface area (Å²) in [6.07, 6.45) is 12.6. The number of hydrogen-bond donors (Lipinski definition) is 2. The van der Waals surface area contributed by atoms with Crippen LogP contribution in [0.25, 0.3) is 0 Å². The predicted molar refractivity (Wildman–Crippen MR) is 83.5 cm³/mol. The smallest absolute Gasteiger partial charge is 0.244 e. The third kappa shape index (κ3) is 2.55. The molecule has 0 atom stereocenters. The molecule has 5 aliphatic rings. The van der Waals surface area contributed by atoms with Crippen molar-refractivity contribution in [1.29, 1.82) is 0 Å². The maximum atomic E-state index is 12.8. The van der Waals surface area contributed by atoms with E-state index in [1.807, 2.05) is 0 Å². The lowest BCUT2D eigenvalue weighted by atomic mass is 9.49. The van der Waals surface area contributed by atoms with Crippen molar-refractivity contribution in [2.75, 3.05) is 0 Å². The topological polar surface area (TPSA) is 58.2 Å². The Morgan fingerprint density at radius 1 is 0.773 bits per heavy atom. The number of carbonyl (C=O) groups is 2. The van der Waals surface area contributed by atoms with Crippen LogP contribution in [0.3, 0.4) is 0 Å². The molecule has 0 unspecified atom stereocenters. The molecule has 0 aromatic heterocycles. The largest absolute Gasteiger partial charge is 0.273 e. The molecule has 2 N–H and O–H groups in total. The molecule has 2 amide bonds. The molecule has 122 valence electrons. The number of rotatable bonds is 2. The molecular formula is C18H28N2O2. The van der Waals surface area contributed by atoms with Gasteiger partial charge < -0.3 is 0 Å². The van der Waals surface area contributed by atoms with Gasteiger partial charge in [-0.15, -0.1) is 0 Å². The first-order chi connectivity index (χ1) is 10.6. The van der Waals surface area contributed by atoms with Gasteiger partial charge in [0.15, 0.2) is 0 Å². The van der Waals surface area contributed by atoms with Gasteiger partial charge in [0.1, 0.15) is 0 Å². The Kier molecular flexibility index (Phi) is 3.66. The number of nitrogens with one attached hydrogen (secondary N) is 2. The van der Waals surface area contributed by atoms with E-state index in [9.17, 15) is 9.59 Å². The van der Waals surface area contributed by atoms with Crippen molar-refractivity contribution in [2.24, 2.45) is 29.1 Å². The SMILES string of the molecule is O=C(NNC(=O)C12CC3CC(CC(C3)C1)C2)C1CCCCC1. The molecule has 22 heavy (non-hydrogen) atoms. The summed E-state index contributed by atoms with van der Waals surface area (Å²) >= 11 is 0. The van der Waals surface area contributed by atoms with Crippen LogP contribution in [0.4, 0.5) is 0 Å². The van der Waals surface area contributed by atoms with Crippen LogP contribution in [-0.2, 0) is 9.59 Å². The van der Waals surface area contributed by atoms with Crippen LogP contribution in [0.15, 0.2) is 0 Å². The molecule has 0 aliphatic heterocycles. The van der Waals surface area contributed by atoms with Gasteiger partial charge >= 0.3 is 0 Å². The van der Waals surface area contributed by atoms with Gasteiger partial charge in [-0.2, -0.15) is 0 Å². The van der Waals surface area contributed by atoms with E-state index in [0.29, 0.717) is 0 Å². The molecular weight excluding hydrogens is 276 g/mol. The van der Waals surface area contributed by atoms with Crippen molar-refractivity contribution >= 4 is 11.8 Å². The molecule has 4 bridgehead atoms. The van der Waals surface area contributed by atoms with Gasteiger partial charge in [0.2, 0.25) is 11.8 Å². The van der Waals surface area contributed by atoms with E-state index in [4.69, 9.17) is 0 Å². The fourth-order valence-electron chi connectivity index (χ4n) is 6.11. The molecule has 0 radical (unpaired) electrons. The maximum absolute atomic E-state index is 12.8. The summed E-state index contributed by atoms with van der Waals surface area (Å²) in [6.45, 7) is 0. The normalized spacial score (nSPS) is 40.5. The first-order valence-corrected chi connectivity index (χ1v) is 9.25. The Morgan fingerprint density at radius 2 is 1.32 bits per heavy atom. The molecule has 5 saturated carbocycles. The zero-order valence-electron chi connectivity index (χ0n) is 13.4. The molecule has 4 nitrogen and oxygen atoms in total. The Bertz CT molecular complexity index is 432. The first kappa shape index (κ1) is 14.5. The summed E-state index contributed by atoms with van der Waals surface area (Å²) in [7, 11) is 0. The van der Waals surface area contributed by atoms with Crippen LogP contribution in [0.5, 0.6) is 0 Å². The fourth-order valence-corrected chi connectivity index (χ4v) is 6.11. The lowest BCUT2D eigenvalue weighted by Gasteiger charge is -2.55. The molecule has 5 fully saturated rings. The van der Waals surface area contributed by atoms with E-state index in [2.05, 4.69) is 10.9 Å². The van der Waals surface area contributed by atoms with Gasteiger partial charge in [0.25, 0.3) is 0 Å². The summed E-state index contributed by atoms with van der Waals surface area (Å²) in [5, 5.41) is 0. The van der Waals surface area contributed by atoms with Gasteiger partial charge in [-0.3, -0.25) is 20.4 Å². The molecule has 0 aromatic carbocycles. The minimum absolute atomic E-state index is 0.0257. The highest BCUT2D eigenvalue weighted by Gasteiger charge is 2.54. The van der Waals surface area contributed by atoms with E-state index >= 15 is 0 Å². The summed E-state index contributed by atoms with van der Waals surface area (Å²) < 4.78 is 0. The molecule has 0 spiro atoms. The van der Waals surface area contributed by atoms with E-state index in [0.717, 1.165) is 62.7 Å². The summed E-state index contributed by atoms with van der Waals surface area (Å²) in [5.41, 5.74) is 5.36. The van der Waals surface area contributed by atoms with E-state index < -0.39 is 0 Å². The first-order valence-electron chi connectivity index (χ1n) is 9.25. The number of amides is 2. The average Bonchev–Trinajstić information content (AvgIpc) is 2.51. The van der Waals surface area contributed by atoms with Crippen molar-refractivity contribution in [3.8, 4) is 0 Å². The van der Waals surface area contributed by atoms with Gasteiger partial charge in [0.05, 0.1) is 5.41 Å². The number of hydrazine groups is 1. The second-order valence-corrected chi connectivity index (χ2v) is 8.48. The highest BCUT2D eigenvalue weighted by atomic mass is 16.2. The van der Waals surface area contributed by atoms with Gasteiger partial charge in [-0.1, -0.05) is 19.3 Å². The third-order valence-electron chi connectivity index (χ3n) is 6.80. The predicted octanol–water partition coefficient (Wildman–Crippen LogP) is 2.93. The van der Waals surface area contributed by atoms with Crippen molar-refractivity contribution in [3.63, 3.8) is 0 Å². The van der Waals surface area contributed by atoms with Crippen LogP contribution in [-0.4, -0.2) is 11.8 Å². The number of hydrogen-bond acceptors (Lipinski definition) is 2. The maximum Gasteiger partial charge on any atom is 0.244 e. The monoisotopic (exact) mass is 304 g/mol. The van der Waals surface area contributed by atoms with Crippen molar-refractivity contribution in [2.45, 2.75) is 70.6 Å². The minimum atomic E-state index is -0.172. The zero-order valence-corrected chi connectivity index (χ0v) is 13.4. The highest BCUT2D eigenvalue weighted by Crippen LogP contribution is 2.60. The van der Waals surface area contributed by atoms with E-state index in [1.54, 1.807) is 0 Å². The summed E-state index contributed by atoms with van der Waals surface area (Å²) in [5.74, 6) is 2.49. The van der Waals surface area contributed by atoms with Crippen LogP contribution in [0.1, 0.15) is 70.6 Å². The Balaban J connectivity index is 1.35. The zero-order chi connectivity index (χ0) is 15.2. The molecule has 0 aromatic rings. The Labute approximate surface area is 132 Å². The molecule has 5 rings (SSSR count). The third-order valence-corrected chi connectivity index (χ3v) is 6.80. The second kappa shape index (κ2) is 5.54. The van der Waals surface area contributed by atoms with Crippen molar-refractivity contribution in [1.82, 2.24) is 10.9 Å². The van der Waals surface area contributed by atoms with E-state index in [1.165, 1.54) is 25.7 Å². The molecule has 5 aliphatic carbocycles. The van der Waals surface area contributed by atoms with Gasteiger partial charge in [-0.25, -0.2) is 0 Å². The highest BCUT2D eigenvalue weighted by molar-refractivity contribution is 5.87. The molecule has 0 saturated heterocycles. The molecule has 4 heteroatoms. The quantitative estimate of drug-likeness (QED) is 0.771. The standard InChI is InChI=1S/C18H28N2O2/c21-16(15-4-2-1-3-5-15)19-20-17(22)18-9-12-6-13(10-18)8-14(7-12)11-18/h12-15H,1-11H2,(H,19,21)(H,20,22). The summed E-state index contributed by atoms with van der Waals surface area (Å²) in [6, 6.07) is 0. The molecule has 0 heterocycles. The minimum Gasteiger partial charge on any atom is -0.273 e. The van der Waals surface area contributed by atoms with Gasteiger partial charge in [-0.05, 0) is 69.1 Å². The second-order valence-electron chi connectivity index (χ2n) is 8.48. The summed E-state index contributed by atoms with van der Waals surface area (Å²) in [4.78, 5) is 25.0. The van der Waals surface area contributed by atoms with Crippen molar-refractivity contribution < 1.29 is 9.59 Å². The Morgan fingerprint density at radius 3 is 1.86 bits per heavy atom. The van der Waals surface area contributed by atoms with Crippen LogP contribution < -0.4 is 10.9 Å². The van der Waals surface area contributed by atoms with Crippen LogP contribution in [0, 0.1) is 29.1 Å². The average molecular weight is 304 g/mol. The van der Waals surface area contributed by atoms with E-state index in [-0.39, 0.29) is 23.1 Å². The van der Waals surface area contributed by atoms with Crippen LogP contribution >= 0.6 is 0 Å². The van der Waals surface area contributed by atoms with Gasteiger partial charge in [0, 0.05) is 5.92 Å². The van der Waals surface area contributed by atoms with Crippen molar-refractivity contribution in [3.05, 3.63) is 0 Å². The lowest BCUT2D eigenvalue weighted by molar-refractivity contribution is -0.149.